The predicted octanol–water partition coefficient (Wildman–Crippen LogP) is 9.78. The van der Waals surface area contributed by atoms with Gasteiger partial charge in [-0.05, 0) is 31.2 Å². The van der Waals surface area contributed by atoms with Gasteiger partial charge in [-0.2, -0.15) is 0 Å². The third-order valence-electron chi connectivity index (χ3n) is 7.60. The minimum atomic E-state index is -0.0125. The Bertz CT molecular complexity index is 608. The normalized spacial score (nSPS) is 17.4. The molecule has 0 N–H and O–H groups in total. The van der Waals surface area contributed by atoms with Gasteiger partial charge in [-0.1, -0.05) is 140 Å². The minimum Gasteiger partial charge on any atom is -0.379 e. The van der Waals surface area contributed by atoms with Crippen molar-refractivity contribution in [2.45, 2.75) is 154 Å². The van der Waals surface area contributed by atoms with E-state index in [1.807, 2.05) is 6.07 Å². The fourth-order valence-electron chi connectivity index (χ4n) is 5.17. The Balaban J connectivity index is 1.25. The summed E-state index contributed by atoms with van der Waals surface area (Å²) in [6, 6.07) is 10.4. The molecule has 0 saturated carbocycles. The maximum Gasteiger partial charge on any atom is 0.158 e. The zero-order valence-electron chi connectivity index (χ0n) is 24.9. The number of rotatable bonds is 27. The Hall–Kier alpha value is -0.940. The largest absolute Gasteiger partial charge is 0.379 e. The summed E-state index contributed by atoms with van der Waals surface area (Å²) in [6.07, 6.45) is 26.8. The highest BCUT2D eigenvalue weighted by atomic mass is 16.7. The topological polar surface area (TPSA) is 36.9 Å². The lowest BCUT2D eigenvalue weighted by molar-refractivity contribution is -0.0761. The van der Waals surface area contributed by atoms with Gasteiger partial charge in [0.15, 0.2) is 6.29 Å². The standard InChI is InChI=1S/C34H60O4/c1-2-3-4-5-6-7-8-9-10-11-12-13-14-15-21-26-34-37-31-33(38-34)30-36-28-23-17-16-22-27-35-29-32-24-19-18-20-25-32/h18-20,24-25,33-34H,2-17,21-23,26-31H2,1H3. The van der Waals surface area contributed by atoms with Gasteiger partial charge in [-0.15, -0.1) is 0 Å². The SMILES string of the molecule is CCCCCCCCCCCCCCCCCC1OCC(COCCCCCCOCc2ccccc2)O1. The first-order valence-corrected chi connectivity index (χ1v) is 16.3. The summed E-state index contributed by atoms with van der Waals surface area (Å²) in [6.45, 7) is 6.00. The van der Waals surface area contributed by atoms with E-state index in [9.17, 15) is 0 Å². The van der Waals surface area contributed by atoms with Gasteiger partial charge in [0.1, 0.15) is 6.10 Å². The lowest BCUT2D eigenvalue weighted by atomic mass is 10.0. The smallest absolute Gasteiger partial charge is 0.158 e. The first-order valence-electron chi connectivity index (χ1n) is 16.3. The molecule has 1 aromatic carbocycles. The third kappa shape index (κ3) is 19.2. The van der Waals surface area contributed by atoms with Crippen molar-refractivity contribution in [3.05, 3.63) is 35.9 Å². The molecule has 1 aliphatic heterocycles. The van der Waals surface area contributed by atoms with E-state index in [1.54, 1.807) is 0 Å². The van der Waals surface area contributed by atoms with Gasteiger partial charge in [0, 0.05) is 13.2 Å². The molecular weight excluding hydrogens is 472 g/mol. The molecule has 0 bridgehead atoms. The fraction of sp³-hybridized carbons (Fsp3) is 0.824. The molecule has 1 heterocycles. The fourth-order valence-corrected chi connectivity index (χ4v) is 5.17. The molecule has 220 valence electrons. The van der Waals surface area contributed by atoms with Crippen LogP contribution in [-0.4, -0.2) is 38.8 Å². The van der Waals surface area contributed by atoms with Gasteiger partial charge < -0.3 is 18.9 Å². The Morgan fingerprint density at radius 3 is 1.76 bits per heavy atom. The lowest BCUT2D eigenvalue weighted by Crippen LogP contribution is -2.19. The Morgan fingerprint density at radius 2 is 1.16 bits per heavy atom. The van der Waals surface area contributed by atoms with Gasteiger partial charge in [-0.3, -0.25) is 0 Å². The van der Waals surface area contributed by atoms with Gasteiger partial charge in [0.25, 0.3) is 0 Å². The Morgan fingerprint density at radius 1 is 0.632 bits per heavy atom. The van der Waals surface area contributed by atoms with Crippen LogP contribution in [-0.2, 0) is 25.6 Å². The molecule has 2 unspecified atom stereocenters. The highest BCUT2D eigenvalue weighted by Gasteiger charge is 2.25. The average Bonchev–Trinajstić information content (AvgIpc) is 3.40. The molecule has 0 spiro atoms. The van der Waals surface area contributed by atoms with E-state index in [1.165, 1.54) is 115 Å². The summed E-state index contributed by atoms with van der Waals surface area (Å²) >= 11 is 0. The third-order valence-corrected chi connectivity index (χ3v) is 7.60. The van der Waals surface area contributed by atoms with E-state index >= 15 is 0 Å². The van der Waals surface area contributed by atoms with Gasteiger partial charge >= 0.3 is 0 Å². The molecule has 0 radical (unpaired) electrons. The zero-order valence-corrected chi connectivity index (χ0v) is 24.9. The monoisotopic (exact) mass is 532 g/mol. The van der Waals surface area contributed by atoms with Crippen molar-refractivity contribution < 1.29 is 18.9 Å². The van der Waals surface area contributed by atoms with Crippen molar-refractivity contribution in [1.82, 2.24) is 0 Å². The Kier molecular flexibility index (Phi) is 21.9. The summed E-state index contributed by atoms with van der Waals surface area (Å²) < 4.78 is 23.5. The van der Waals surface area contributed by atoms with Crippen LogP contribution in [0, 0.1) is 0 Å². The van der Waals surface area contributed by atoms with Crippen LogP contribution in [0.15, 0.2) is 30.3 Å². The molecule has 4 heteroatoms. The quantitative estimate of drug-likeness (QED) is 0.106. The minimum absolute atomic E-state index is 0.0125. The summed E-state index contributed by atoms with van der Waals surface area (Å²) in [5, 5.41) is 0. The summed E-state index contributed by atoms with van der Waals surface area (Å²) in [5.41, 5.74) is 1.25. The molecular formula is C34H60O4. The molecule has 38 heavy (non-hydrogen) atoms. The van der Waals surface area contributed by atoms with Gasteiger partial charge in [-0.25, -0.2) is 0 Å². The first-order chi connectivity index (χ1) is 18.9. The molecule has 2 atom stereocenters. The number of hydrogen-bond donors (Lipinski definition) is 0. The van der Waals surface area contributed by atoms with Crippen LogP contribution in [0.3, 0.4) is 0 Å². The van der Waals surface area contributed by atoms with E-state index in [-0.39, 0.29) is 12.4 Å². The highest BCUT2D eigenvalue weighted by Crippen LogP contribution is 2.19. The van der Waals surface area contributed by atoms with E-state index in [2.05, 4.69) is 31.2 Å². The number of hydrogen-bond acceptors (Lipinski definition) is 4. The highest BCUT2D eigenvalue weighted by molar-refractivity contribution is 5.13. The summed E-state index contributed by atoms with van der Waals surface area (Å²) in [5.74, 6) is 0. The molecule has 0 aliphatic carbocycles. The van der Waals surface area contributed by atoms with Crippen LogP contribution in [0.25, 0.3) is 0 Å². The number of benzene rings is 1. The van der Waals surface area contributed by atoms with Gasteiger partial charge in [0.05, 0.1) is 19.8 Å². The second-order valence-corrected chi connectivity index (χ2v) is 11.3. The Labute approximate surface area is 235 Å². The van der Waals surface area contributed by atoms with E-state index in [0.29, 0.717) is 19.8 Å². The molecule has 1 aliphatic rings. The molecule has 1 fully saturated rings. The molecule has 1 saturated heterocycles. The van der Waals surface area contributed by atoms with Crippen LogP contribution in [0.4, 0.5) is 0 Å². The van der Waals surface area contributed by atoms with Crippen LogP contribution >= 0.6 is 0 Å². The van der Waals surface area contributed by atoms with Crippen LogP contribution in [0.2, 0.25) is 0 Å². The van der Waals surface area contributed by atoms with Crippen molar-refractivity contribution in [2.75, 3.05) is 26.4 Å². The second kappa shape index (κ2) is 25.1. The maximum absolute atomic E-state index is 6.03. The predicted molar refractivity (Wildman–Crippen MR) is 160 cm³/mol. The van der Waals surface area contributed by atoms with Crippen molar-refractivity contribution in [2.24, 2.45) is 0 Å². The summed E-state index contributed by atoms with van der Waals surface area (Å²) in [4.78, 5) is 0. The molecule has 1 aromatic rings. The molecule has 0 amide bonds. The molecule has 4 nitrogen and oxygen atoms in total. The van der Waals surface area contributed by atoms with Crippen molar-refractivity contribution >= 4 is 0 Å². The lowest BCUT2D eigenvalue weighted by Gasteiger charge is -2.12. The average molecular weight is 533 g/mol. The van der Waals surface area contributed by atoms with Crippen molar-refractivity contribution in [1.29, 1.82) is 0 Å². The number of unbranched alkanes of at least 4 members (excludes halogenated alkanes) is 17. The van der Waals surface area contributed by atoms with Crippen LogP contribution < -0.4 is 0 Å². The maximum atomic E-state index is 6.03. The number of ether oxygens (including phenoxy) is 4. The second-order valence-electron chi connectivity index (χ2n) is 11.3. The van der Waals surface area contributed by atoms with Crippen molar-refractivity contribution in [3.63, 3.8) is 0 Å². The summed E-state index contributed by atoms with van der Waals surface area (Å²) in [7, 11) is 0. The van der Waals surface area contributed by atoms with Crippen LogP contribution in [0.1, 0.15) is 141 Å². The van der Waals surface area contributed by atoms with Gasteiger partial charge in [0.2, 0.25) is 0 Å². The van der Waals surface area contributed by atoms with E-state index in [4.69, 9.17) is 18.9 Å². The van der Waals surface area contributed by atoms with E-state index in [0.717, 1.165) is 32.5 Å². The van der Waals surface area contributed by atoms with Crippen molar-refractivity contribution in [3.8, 4) is 0 Å². The van der Waals surface area contributed by atoms with E-state index < -0.39 is 0 Å². The zero-order chi connectivity index (χ0) is 26.8. The molecule has 2 rings (SSSR count). The first kappa shape index (κ1) is 33.3. The molecule has 0 aromatic heterocycles. The van der Waals surface area contributed by atoms with Crippen LogP contribution in [0.5, 0.6) is 0 Å².